The lowest BCUT2D eigenvalue weighted by molar-refractivity contribution is -0.118. The number of rotatable bonds is 6. The maximum atomic E-state index is 12.5. The minimum atomic E-state index is -0.312. The van der Waals surface area contributed by atoms with Gasteiger partial charge in [0.15, 0.2) is 11.5 Å². The number of carbonyl (C=O) groups excluding carboxylic acids is 1. The van der Waals surface area contributed by atoms with Crippen molar-refractivity contribution in [2.75, 3.05) is 7.11 Å². The number of benzene rings is 1. The molecule has 0 saturated heterocycles. The van der Waals surface area contributed by atoms with E-state index in [1.165, 1.54) is 6.42 Å². The molecule has 2 rings (SSSR count). The summed E-state index contributed by atoms with van der Waals surface area (Å²) < 4.78 is 11.1. The molecule has 0 aliphatic heterocycles. The molecule has 140 valence electrons. The van der Waals surface area contributed by atoms with E-state index in [1.54, 1.807) is 25.3 Å². The molecule has 5 nitrogen and oxygen atoms in total. The molecule has 0 spiro atoms. The minimum absolute atomic E-state index is 0.0308. The minimum Gasteiger partial charge on any atom is -0.493 e. The molecule has 1 aliphatic rings. The zero-order valence-corrected chi connectivity index (χ0v) is 16.0. The molecule has 2 atom stereocenters. The van der Waals surface area contributed by atoms with E-state index in [-0.39, 0.29) is 23.6 Å². The normalized spacial score (nSPS) is 20.4. The first kappa shape index (κ1) is 19.8. The van der Waals surface area contributed by atoms with Gasteiger partial charge in [0.25, 0.3) is 5.91 Å². The predicted molar refractivity (Wildman–Crippen MR) is 102 cm³/mol. The van der Waals surface area contributed by atoms with Gasteiger partial charge in [0.05, 0.1) is 13.2 Å². The molecular weight excluding hydrogens is 328 g/mol. The average molecular weight is 356 g/mol. The smallest absolute Gasteiger partial charge is 0.262 e. The van der Waals surface area contributed by atoms with Crippen LogP contribution in [0.5, 0.6) is 11.5 Å². The third-order valence-electron chi connectivity index (χ3n) is 4.65. The van der Waals surface area contributed by atoms with E-state index in [1.807, 2.05) is 26.0 Å². The summed E-state index contributed by atoms with van der Waals surface area (Å²) >= 11 is 0. The lowest BCUT2D eigenvalue weighted by Crippen LogP contribution is -2.41. The van der Waals surface area contributed by atoms with Crippen molar-refractivity contribution in [3.63, 3.8) is 0 Å². The third-order valence-corrected chi connectivity index (χ3v) is 4.65. The molecule has 1 aromatic rings. The Bertz CT molecular complexity index is 704. The molecule has 1 aromatic carbocycles. The summed E-state index contributed by atoms with van der Waals surface area (Å²) in [6.07, 6.45) is 6.04. The van der Waals surface area contributed by atoms with Crippen LogP contribution in [0.15, 0.2) is 23.8 Å². The number of nitrogens with zero attached hydrogens (tertiary/aromatic N) is 1. The maximum absolute atomic E-state index is 12.5. The number of ether oxygens (including phenoxy) is 2. The third kappa shape index (κ3) is 5.26. The molecule has 0 heterocycles. The average Bonchev–Trinajstić information content (AvgIpc) is 2.62. The highest BCUT2D eigenvalue weighted by atomic mass is 16.5. The van der Waals surface area contributed by atoms with Crippen molar-refractivity contribution in [2.24, 2.45) is 5.92 Å². The van der Waals surface area contributed by atoms with Gasteiger partial charge in [0.2, 0.25) is 0 Å². The van der Waals surface area contributed by atoms with E-state index in [2.05, 4.69) is 12.2 Å². The fraction of sp³-hybridized carbons (Fsp3) is 0.524. The van der Waals surface area contributed by atoms with Crippen LogP contribution in [0.4, 0.5) is 0 Å². The number of hydrogen-bond acceptors (Lipinski definition) is 4. The Balaban J connectivity index is 2.16. The van der Waals surface area contributed by atoms with Gasteiger partial charge in [-0.2, -0.15) is 5.26 Å². The van der Waals surface area contributed by atoms with Gasteiger partial charge in [-0.15, -0.1) is 0 Å². The van der Waals surface area contributed by atoms with Crippen molar-refractivity contribution in [3.05, 3.63) is 29.3 Å². The van der Waals surface area contributed by atoms with Crippen molar-refractivity contribution < 1.29 is 14.3 Å². The molecule has 0 radical (unpaired) electrons. The summed E-state index contributed by atoms with van der Waals surface area (Å²) in [4.78, 5) is 12.5. The van der Waals surface area contributed by atoms with Gasteiger partial charge in [-0.25, -0.2) is 0 Å². The van der Waals surface area contributed by atoms with Crippen LogP contribution in [0.3, 0.4) is 0 Å². The summed E-state index contributed by atoms with van der Waals surface area (Å²) in [6, 6.07) is 7.53. The predicted octanol–water partition coefficient (Wildman–Crippen LogP) is 4.08. The Kier molecular flexibility index (Phi) is 7.08. The van der Waals surface area contributed by atoms with Gasteiger partial charge in [-0.05, 0) is 56.4 Å². The zero-order valence-electron chi connectivity index (χ0n) is 16.0. The van der Waals surface area contributed by atoms with Crippen LogP contribution in [0.1, 0.15) is 52.0 Å². The van der Waals surface area contributed by atoms with Gasteiger partial charge in [0.1, 0.15) is 11.6 Å². The second-order valence-corrected chi connectivity index (χ2v) is 7.09. The highest BCUT2D eigenvalue weighted by Gasteiger charge is 2.24. The standard InChI is InChI=1S/C21H28N2O3/c1-14(2)26-19-10-9-16(12-20(19)25-4)11-17(13-22)21(24)23-18-8-6-5-7-15(18)3/h9-12,14-15,18H,5-8H2,1-4H3,(H,23,24)/b17-11+/t15-,18+/m0/s1. The van der Waals surface area contributed by atoms with Gasteiger partial charge >= 0.3 is 0 Å². The van der Waals surface area contributed by atoms with Gasteiger partial charge in [0, 0.05) is 6.04 Å². The van der Waals surface area contributed by atoms with Crippen LogP contribution >= 0.6 is 0 Å². The number of amides is 1. The first-order valence-electron chi connectivity index (χ1n) is 9.22. The Morgan fingerprint density at radius 3 is 2.65 bits per heavy atom. The maximum Gasteiger partial charge on any atom is 0.262 e. The molecule has 1 N–H and O–H groups in total. The van der Waals surface area contributed by atoms with Gasteiger partial charge in [-0.3, -0.25) is 4.79 Å². The van der Waals surface area contributed by atoms with Crippen molar-refractivity contribution in [1.82, 2.24) is 5.32 Å². The second-order valence-electron chi connectivity index (χ2n) is 7.09. The van der Waals surface area contributed by atoms with Crippen molar-refractivity contribution >= 4 is 12.0 Å². The molecule has 1 aliphatic carbocycles. The Labute approximate surface area is 156 Å². The first-order chi connectivity index (χ1) is 12.4. The van der Waals surface area contributed by atoms with Crippen LogP contribution in [0, 0.1) is 17.2 Å². The topological polar surface area (TPSA) is 71.3 Å². The van der Waals surface area contributed by atoms with Crippen molar-refractivity contribution in [3.8, 4) is 17.6 Å². The molecule has 5 heteroatoms. The number of carbonyl (C=O) groups is 1. The molecular formula is C21H28N2O3. The van der Waals surface area contributed by atoms with Crippen LogP contribution in [-0.4, -0.2) is 25.2 Å². The van der Waals surface area contributed by atoms with E-state index in [0.29, 0.717) is 17.4 Å². The van der Waals surface area contributed by atoms with Crippen molar-refractivity contribution in [1.29, 1.82) is 5.26 Å². The fourth-order valence-corrected chi connectivity index (χ4v) is 3.22. The Morgan fingerprint density at radius 2 is 2.04 bits per heavy atom. The quantitative estimate of drug-likeness (QED) is 0.616. The fourth-order valence-electron chi connectivity index (χ4n) is 3.22. The first-order valence-corrected chi connectivity index (χ1v) is 9.22. The molecule has 0 bridgehead atoms. The Morgan fingerprint density at radius 1 is 1.31 bits per heavy atom. The summed E-state index contributed by atoms with van der Waals surface area (Å²) in [7, 11) is 1.57. The largest absolute Gasteiger partial charge is 0.493 e. The van der Waals surface area contributed by atoms with E-state index in [4.69, 9.17) is 9.47 Å². The SMILES string of the molecule is COc1cc(/C=C(\C#N)C(=O)N[C@@H]2CCCC[C@@H]2C)ccc1OC(C)C. The lowest BCUT2D eigenvalue weighted by atomic mass is 9.86. The van der Waals surface area contributed by atoms with Crippen LogP contribution in [0.2, 0.25) is 0 Å². The summed E-state index contributed by atoms with van der Waals surface area (Å²) in [5.74, 6) is 1.35. The molecule has 0 aromatic heterocycles. The Hall–Kier alpha value is -2.48. The molecule has 0 unspecified atom stereocenters. The summed E-state index contributed by atoms with van der Waals surface area (Å²) in [6.45, 7) is 6.04. The highest BCUT2D eigenvalue weighted by Crippen LogP contribution is 2.30. The van der Waals surface area contributed by atoms with E-state index in [9.17, 15) is 10.1 Å². The molecule has 1 fully saturated rings. The summed E-state index contributed by atoms with van der Waals surface area (Å²) in [5.41, 5.74) is 0.823. The number of hydrogen-bond donors (Lipinski definition) is 1. The molecule has 1 amide bonds. The zero-order chi connectivity index (χ0) is 19.1. The van der Waals surface area contributed by atoms with E-state index in [0.717, 1.165) is 24.8 Å². The van der Waals surface area contributed by atoms with E-state index < -0.39 is 0 Å². The van der Waals surface area contributed by atoms with Crippen molar-refractivity contribution in [2.45, 2.75) is 58.6 Å². The van der Waals surface area contributed by atoms with Gasteiger partial charge in [-0.1, -0.05) is 25.8 Å². The summed E-state index contributed by atoms with van der Waals surface area (Å²) in [5, 5.41) is 12.4. The molecule has 26 heavy (non-hydrogen) atoms. The number of methoxy groups -OCH3 is 1. The highest BCUT2D eigenvalue weighted by molar-refractivity contribution is 6.01. The molecule has 1 saturated carbocycles. The number of nitriles is 1. The van der Waals surface area contributed by atoms with Gasteiger partial charge < -0.3 is 14.8 Å². The monoisotopic (exact) mass is 356 g/mol. The number of nitrogens with one attached hydrogen (secondary N) is 1. The van der Waals surface area contributed by atoms with Crippen LogP contribution in [0.25, 0.3) is 6.08 Å². The lowest BCUT2D eigenvalue weighted by Gasteiger charge is -2.29. The van der Waals surface area contributed by atoms with Crippen LogP contribution < -0.4 is 14.8 Å². The van der Waals surface area contributed by atoms with Crippen LogP contribution in [-0.2, 0) is 4.79 Å². The second kappa shape index (κ2) is 9.28. The van der Waals surface area contributed by atoms with E-state index >= 15 is 0 Å².